The van der Waals surface area contributed by atoms with Crippen LogP contribution in [0.15, 0.2) is 17.2 Å². The summed E-state index contributed by atoms with van der Waals surface area (Å²) in [6.07, 6.45) is 3.42. The maximum absolute atomic E-state index is 12.4. The van der Waals surface area contributed by atoms with Crippen molar-refractivity contribution in [1.82, 2.24) is 14.5 Å². The molecule has 0 radical (unpaired) electrons. The zero-order chi connectivity index (χ0) is 15.3. The Morgan fingerprint density at radius 3 is 2.45 bits per heavy atom. The van der Waals surface area contributed by atoms with Crippen molar-refractivity contribution in [2.45, 2.75) is 53.1 Å². The fourth-order valence-electron chi connectivity index (χ4n) is 2.19. The lowest BCUT2D eigenvalue weighted by Crippen LogP contribution is -2.39. The van der Waals surface area contributed by atoms with E-state index in [1.54, 1.807) is 17.0 Å². The predicted molar refractivity (Wildman–Crippen MR) is 84.4 cm³/mol. The van der Waals surface area contributed by atoms with Gasteiger partial charge in [0.25, 0.3) is 5.56 Å². The molecule has 0 spiro atoms. The highest BCUT2D eigenvalue weighted by atomic mass is 16.1. The molecular weight excluding hydrogens is 252 g/mol. The van der Waals surface area contributed by atoms with Crippen LogP contribution in [0.2, 0.25) is 0 Å². The van der Waals surface area contributed by atoms with E-state index in [0.29, 0.717) is 5.82 Å². The van der Waals surface area contributed by atoms with E-state index in [0.717, 1.165) is 19.6 Å². The first-order valence-corrected chi connectivity index (χ1v) is 7.36. The maximum atomic E-state index is 12.4. The van der Waals surface area contributed by atoms with E-state index < -0.39 is 0 Å². The molecule has 5 nitrogen and oxygen atoms in total. The van der Waals surface area contributed by atoms with Crippen molar-refractivity contribution in [3.05, 3.63) is 22.7 Å². The summed E-state index contributed by atoms with van der Waals surface area (Å²) in [4.78, 5) is 18.9. The number of likely N-dealkylation sites (N-methyl/N-ethyl adjacent to an activating group) is 1. The molecule has 1 atom stereocenters. The van der Waals surface area contributed by atoms with Gasteiger partial charge in [-0.05, 0) is 40.8 Å². The summed E-state index contributed by atoms with van der Waals surface area (Å²) in [5.41, 5.74) is -0.301. The maximum Gasteiger partial charge on any atom is 0.293 e. The lowest BCUT2D eigenvalue weighted by Gasteiger charge is -2.25. The fourth-order valence-corrected chi connectivity index (χ4v) is 2.19. The molecule has 0 aliphatic heterocycles. The van der Waals surface area contributed by atoms with Gasteiger partial charge in [-0.25, -0.2) is 4.98 Å². The topological polar surface area (TPSA) is 50.2 Å². The molecule has 1 heterocycles. The summed E-state index contributed by atoms with van der Waals surface area (Å²) < 4.78 is 1.71. The second kappa shape index (κ2) is 6.88. The van der Waals surface area contributed by atoms with Gasteiger partial charge in [0.15, 0.2) is 5.82 Å². The quantitative estimate of drug-likeness (QED) is 0.867. The lowest BCUT2D eigenvalue weighted by molar-refractivity contribution is 0.294. The molecule has 114 valence electrons. The van der Waals surface area contributed by atoms with Crippen LogP contribution in [0, 0.1) is 0 Å². The summed E-state index contributed by atoms with van der Waals surface area (Å²) in [5.74, 6) is 0.432. The minimum Gasteiger partial charge on any atom is -0.362 e. The van der Waals surface area contributed by atoms with Gasteiger partial charge in [0.2, 0.25) is 0 Å². The predicted octanol–water partition coefficient (Wildman–Crippen LogP) is 2.14. The largest absolute Gasteiger partial charge is 0.362 e. The van der Waals surface area contributed by atoms with E-state index in [4.69, 9.17) is 0 Å². The van der Waals surface area contributed by atoms with Gasteiger partial charge in [-0.15, -0.1) is 0 Å². The third-order valence-corrected chi connectivity index (χ3v) is 3.37. The standard InChI is InChI=1S/C15H28N4O/c1-7-18(8-2)11-12(3)17-13-14(20)19(10-9-16-13)15(4,5)6/h9-10,12H,7-8,11H2,1-6H3,(H,16,17). The van der Waals surface area contributed by atoms with Gasteiger partial charge in [-0.1, -0.05) is 13.8 Å². The minimum atomic E-state index is -0.238. The van der Waals surface area contributed by atoms with Crippen molar-refractivity contribution in [1.29, 1.82) is 0 Å². The van der Waals surface area contributed by atoms with Crippen LogP contribution in [0.1, 0.15) is 41.5 Å². The van der Waals surface area contributed by atoms with Crippen LogP contribution in [0.25, 0.3) is 0 Å². The number of anilines is 1. The third-order valence-electron chi connectivity index (χ3n) is 3.37. The van der Waals surface area contributed by atoms with Crippen molar-refractivity contribution in [2.75, 3.05) is 25.0 Å². The number of nitrogens with one attached hydrogen (secondary N) is 1. The van der Waals surface area contributed by atoms with Crippen molar-refractivity contribution in [3.8, 4) is 0 Å². The Kier molecular flexibility index (Phi) is 5.74. The summed E-state index contributed by atoms with van der Waals surface area (Å²) in [6.45, 7) is 15.3. The molecule has 0 aliphatic rings. The van der Waals surface area contributed by atoms with Crippen molar-refractivity contribution >= 4 is 5.82 Å². The first-order chi connectivity index (χ1) is 9.29. The first-order valence-electron chi connectivity index (χ1n) is 7.36. The highest BCUT2D eigenvalue weighted by Gasteiger charge is 2.17. The number of hydrogen-bond donors (Lipinski definition) is 1. The Morgan fingerprint density at radius 1 is 1.35 bits per heavy atom. The van der Waals surface area contributed by atoms with Crippen LogP contribution >= 0.6 is 0 Å². The lowest BCUT2D eigenvalue weighted by atomic mass is 10.1. The van der Waals surface area contributed by atoms with Crippen molar-refractivity contribution in [3.63, 3.8) is 0 Å². The van der Waals surface area contributed by atoms with Gasteiger partial charge in [0.1, 0.15) is 0 Å². The van der Waals surface area contributed by atoms with Gasteiger partial charge in [0.05, 0.1) is 0 Å². The molecular formula is C15H28N4O. The summed E-state index contributed by atoms with van der Waals surface area (Å²) in [7, 11) is 0. The number of hydrogen-bond acceptors (Lipinski definition) is 4. The Balaban J connectivity index is 2.86. The molecule has 0 bridgehead atoms. The zero-order valence-corrected chi connectivity index (χ0v) is 13.6. The first kappa shape index (κ1) is 16.7. The molecule has 20 heavy (non-hydrogen) atoms. The monoisotopic (exact) mass is 280 g/mol. The summed E-state index contributed by atoms with van der Waals surface area (Å²) in [6, 6.07) is 0.186. The molecule has 0 fully saturated rings. The van der Waals surface area contributed by atoms with E-state index in [2.05, 4.69) is 36.0 Å². The smallest absolute Gasteiger partial charge is 0.293 e. The average molecular weight is 280 g/mol. The Hall–Kier alpha value is -1.36. The number of nitrogens with zero attached hydrogens (tertiary/aromatic N) is 3. The van der Waals surface area contributed by atoms with Crippen LogP contribution < -0.4 is 10.9 Å². The van der Waals surface area contributed by atoms with Crippen molar-refractivity contribution in [2.24, 2.45) is 0 Å². The van der Waals surface area contributed by atoms with Crippen molar-refractivity contribution < 1.29 is 0 Å². The number of aromatic nitrogens is 2. The highest BCUT2D eigenvalue weighted by Crippen LogP contribution is 2.11. The van der Waals surface area contributed by atoms with E-state index >= 15 is 0 Å². The van der Waals surface area contributed by atoms with E-state index in [1.807, 2.05) is 20.8 Å². The summed E-state index contributed by atoms with van der Waals surface area (Å²) >= 11 is 0. The van der Waals surface area contributed by atoms with Crippen LogP contribution in [0.3, 0.4) is 0 Å². The molecule has 1 rings (SSSR count). The Labute approximate surface area is 122 Å². The second-order valence-electron chi connectivity index (χ2n) is 6.15. The van der Waals surface area contributed by atoms with E-state index in [9.17, 15) is 4.79 Å². The molecule has 0 saturated carbocycles. The zero-order valence-electron chi connectivity index (χ0n) is 13.6. The van der Waals surface area contributed by atoms with Crippen LogP contribution in [-0.4, -0.2) is 40.1 Å². The second-order valence-corrected chi connectivity index (χ2v) is 6.15. The van der Waals surface area contributed by atoms with Crippen LogP contribution in [-0.2, 0) is 5.54 Å². The minimum absolute atomic E-state index is 0.0635. The molecule has 5 heteroatoms. The summed E-state index contributed by atoms with van der Waals surface area (Å²) in [5, 5.41) is 3.24. The normalized spacial score (nSPS) is 13.6. The van der Waals surface area contributed by atoms with Crippen LogP contribution in [0.4, 0.5) is 5.82 Å². The molecule has 1 unspecified atom stereocenters. The molecule has 1 aromatic rings. The average Bonchev–Trinajstić information content (AvgIpc) is 2.37. The Morgan fingerprint density at radius 2 is 1.95 bits per heavy atom. The van der Waals surface area contributed by atoms with Gasteiger partial charge in [-0.2, -0.15) is 0 Å². The Bertz CT molecular complexity index is 471. The molecule has 0 saturated heterocycles. The van der Waals surface area contributed by atoms with Gasteiger partial charge in [0, 0.05) is 30.5 Å². The fraction of sp³-hybridized carbons (Fsp3) is 0.733. The van der Waals surface area contributed by atoms with Crippen LogP contribution in [0.5, 0.6) is 0 Å². The SMILES string of the molecule is CCN(CC)CC(C)Nc1nccn(C(C)(C)C)c1=O. The van der Waals surface area contributed by atoms with E-state index in [-0.39, 0.29) is 17.1 Å². The van der Waals surface area contributed by atoms with Gasteiger partial charge < -0.3 is 14.8 Å². The molecule has 0 aromatic carbocycles. The molecule has 1 aromatic heterocycles. The van der Waals surface area contributed by atoms with Gasteiger partial charge in [-0.3, -0.25) is 4.79 Å². The highest BCUT2D eigenvalue weighted by molar-refractivity contribution is 5.32. The van der Waals surface area contributed by atoms with E-state index in [1.165, 1.54) is 0 Å². The number of rotatable bonds is 6. The molecule has 0 amide bonds. The molecule has 1 N–H and O–H groups in total. The third kappa shape index (κ3) is 4.34. The molecule has 0 aliphatic carbocycles. The van der Waals surface area contributed by atoms with Gasteiger partial charge >= 0.3 is 0 Å².